The molecule has 1 unspecified atom stereocenters. The van der Waals surface area contributed by atoms with Crippen molar-refractivity contribution in [2.75, 3.05) is 6.61 Å². The molecular formula is C11H15BrFNO. The molecular weight excluding hydrogens is 261 g/mol. The Morgan fingerprint density at radius 2 is 2.27 bits per heavy atom. The molecule has 1 aromatic carbocycles. The van der Waals surface area contributed by atoms with Crippen molar-refractivity contribution < 1.29 is 9.50 Å². The van der Waals surface area contributed by atoms with Crippen LogP contribution in [0.3, 0.4) is 0 Å². The molecule has 1 aromatic rings. The van der Waals surface area contributed by atoms with E-state index in [2.05, 4.69) is 21.2 Å². The van der Waals surface area contributed by atoms with Crippen molar-refractivity contribution in [3.05, 3.63) is 34.1 Å². The topological polar surface area (TPSA) is 32.3 Å². The van der Waals surface area contributed by atoms with Crippen molar-refractivity contribution in [1.82, 2.24) is 5.32 Å². The van der Waals surface area contributed by atoms with E-state index in [1.165, 1.54) is 6.07 Å². The van der Waals surface area contributed by atoms with Crippen LogP contribution in [0.1, 0.15) is 18.9 Å². The van der Waals surface area contributed by atoms with E-state index in [1.807, 2.05) is 13.0 Å². The number of hydrogen-bond donors (Lipinski definition) is 2. The summed E-state index contributed by atoms with van der Waals surface area (Å²) in [7, 11) is 0. The van der Waals surface area contributed by atoms with Gasteiger partial charge in [-0.1, -0.05) is 22.0 Å². The van der Waals surface area contributed by atoms with Crippen molar-refractivity contribution >= 4 is 15.9 Å². The highest BCUT2D eigenvalue weighted by Crippen LogP contribution is 2.15. The Labute approximate surface area is 97.6 Å². The summed E-state index contributed by atoms with van der Waals surface area (Å²) in [6.45, 7) is 2.60. The molecule has 15 heavy (non-hydrogen) atoms. The van der Waals surface area contributed by atoms with Crippen LogP contribution in [-0.2, 0) is 6.54 Å². The van der Waals surface area contributed by atoms with Crippen molar-refractivity contribution in [2.24, 2.45) is 0 Å². The van der Waals surface area contributed by atoms with Crippen LogP contribution in [0, 0.1) is 5.82 Å². The van der Waals surface area contributed by atoms with E-state index in [9.17, 15) is 4.39 Å². The highest BCUT2D eigenvalue weighted by atomic mass is 79.9. The molecule has 0 heterocycles. The third-order valence-electron chi connectivity index (χ3n) is 2.22. The highest BCUT2D eigenvalue weighted by molar-refractivity contribution is 9.10. The Bertz CT molecular complexity index is 319. The molecule has 0 bridgehead atoms. The van der Waals surface area contributed by atoms with Gasteiger partial charge in [-0.25, -0.2) is 4.39 Å². The minimum Gasteiger partial charge on any atom is -0.396 e. The Morgan fingerprint density at radius 1 is 1.53 bits per heavy atom. The lowest BCUT2D eigenvalue weighted by Crippen LogP contribution is -2.26. The molecule has 0 spiro atoms. The van der Waals surface area contributed by atoms with E-state index in [0.29, 0.717) is 18.5 Å². The maximum Gasteiger partial charge on any atom is 0.128 e. The van der Waals surface area contributed by atoms with E-state index in [-0.39, 0.29) is 18.5 Å². The van der Waals surface area contributed by atoms with Gasteiger partial charge in [0.1, 0.15) is 5.82 Å². The van der Waals surface area contributed by atoms with Gasteiger partial charge in [0.05, 0.1) is 0 Å². The largest absolute Gasteiger partial charge is 0.396 e. The molecule has 1 atom stereocenters. The first-order chi connectivity index (χ1) is 7.13. The van der Waals surface area contributed by atoms with E-state index < -0.39 is 0 Å². The van der Waals surface area contributed by atoms with Crippen molar-refractivity contribution in [3.63, 3.8) is 0 Å². The van der Waals surface area contributed by atoms with E-state index in [1.54, 1.807) is 6.07 Å². The smallest absolute Gasteiger partial charge is 0.128 e. The number of aliphatic hydroxyl groups is 1. The number of nitrogens with one attached hydrogen (secondary N) is 1. The Hall–Kier alpha value is -0.450. The first kappa shape index (κ1) is 12.6. The van der Waals surface area contributed by atoms with Gasteiger partial charge in [0.25, 0.3) is 0 Å². The van der Waals surface area contributed by atoms with Gasteiger partial charge in [0.2, 0.25) is 0 Å². The molecule has 0 aliphatic carbocycles. The van der Waals surface area contributed by atoms with Crippen LogP contribution in [-0.4, -0.2) is 17.8 Å². The zero-order chi connectivity index (χ0) is 11.3. The zero-order valence-corrected chi connectivity index (χ0v) is 10.2. The van der Waals surface area contributed by atoms with Gasteiger partial charge < -0.3 is 10.4 Å². The van der Waals surface area contributed by atoms with Gasteiger partial charge >= 0.3 is 0 Å². The molecule has 0 saturated carbocycles. The van der Waals surface area contributed by atoms with Crippen molar-refractivity contribution in [3.8, 4) is 0 Å². The number of rotatable bonds is 5. The minimum absolute atomic E-state index is 0.150. The van der Waals surface area contributed by atoms with Crippen LogP contribution in [0.25, 0.3) is 0 Å². The summed E-state index contributed by atoms with van der Waals surface area (Å²) in [6.07, 6.45) is 0.679. The molecule has 0 aliphatic heterocycles. The second kappa shape index (κ2) is 6.20. The van der Waals surface area contributed by atoms with Crippen LogP contribution in [0.15, 0.2) is 22.7 Å². The molecule has 84 valence electrons. The quantitative estimate of drug-likeness (QED) is 0.865. The molecule has 1 rings (SSSR count). The summed E-state index contributed by atoms with van der Waals surface area (Å²) in [5, 5.41) is 11.8. The second-order valence-electron chi connectivity index (χ2n) is 3.53. The third-order valence-corrected chi connectivity index (χ3v) is 2.71. The number of hydrogen-bond acceptors (Lipinski definition) is 2. The average Bonchev–Trinajstić information content (AvgIpc) is 2.17. The van der Waals surface area contributed by atoms with E-state index in [0.717, 1.165) is 4.47 Å². The summed E-state index contributed by atoms with van der Waals surface area (Å²) in [5.41, 5.74) is 0.642. The Balaban J connectivity index is 2.50. The first-order valence-electron chi connectivity index (χ1n) is 4.91. The van der Waals surface area contributed by atoms with Crippen LogP contribution in [0.4, 0.5) is 4.39 Å². The predicted octanol–water partition coefficient (Wildman–Crippen LogP) is 2.45. The fourth-order valence-electron chi connectivity index (χ4n) is 1.24. The number of aliphatic hydroxyl groups excluding tert-OH is 1. The lowest BCUT2D eigenvalue weighted by molar-refractivity contribution is 0.268. The van der Waals surface area contributed by atoms with E-state index >= 15 is 0 Å². The average molecular weight is 276 g/mol. The van der Waals surface area contributed by atoms with Crippen LogP contribution < -0.4 is 5.32 Å². The van der Waals surface area contributed by atoms with Gasteiger partial charge in [-0.05, 0) is 25.5 Å². The number of halogens is 2. The van der Waals surface area contributed by atoms with Gasteiger partial charge in [0.15, 0.2) is 0 Å². The number of benzene rings is 1. The van der Waals surface area contributed by atoms with Crippen molar-refractivity contribution in [1.29, 1.82) is 0 Å². The van der Waals surface area contributed by atoms with Crippen molar-refractivity contribution in [2.45, 2.75) is 25.9 Å². The standard InChI is InChI=1S/C11H15BrFNO/c1-8(4-5-15)14-7-9-2-3-10(12)6-11(9)13/h2-3,6,8,14-15H,4-5,7H2,1H3. The minimum atomic E-state index is -0.215. The lowest BCUT2D eigenvalue weighted by Gasteiger charge is -2.12. The van der Waals surface area contributed by atoms with Crippen LogP contribution >= 0.6 is 15.9 Å². The fraction of sp³-hybridized carbons (Fsp3) is 0.455. The summed E-state index contributed by atoms with van der Waals surface area (Å²) in [6, 6.07) is 5.21. The monoisotopic (exact) mass is 275 g/mol. The van der Waals surface area contributed by atoms with Crippen LogP contribution in [0.5, 0.6) is 0 Å². The van der Waals surface area contributed by atoms with Gasteiger partial charge in [-0.2, -0.15) is 0 Å². The summed E-state index contributed by atoms with van der Waals surface area (Å²) < 4.78 is 14.1. The molecule has 0 saturated heterocycles. The maximum absolute atomic E-state index is 13.4. The first-order valence-corrected chi connectivity index (χ1v) is 5.71. The SMILES string of the molecule is CC(CCO)NCc1ccc(Br)cc1F. The molecule has 2 N–H and O–H groups in total. The molecule has 4 heteroatoms. The Kier molecular flexibility index (Phi) is 5.22. The van der Waals surface area contributed by atoms with E-state index in [4.69, 9.17) is 5.11 Å². The normalized spacial score (nSPS) is 12.8. The molecule has 0 amide bonds. The maximum atomic E-state index is 13.4. The molecule has 0 fully saturated rings. The fourth-order valence-corrected chi connectivity index (χ4v) is 1.58. The Morgan fingerprint density at radius 3 is 2.87 bits per heavy atom. The van der Waals surface area contributed by atoms with Gasteiger partial charge in [0, 0.05) is 29.2 Å². The molecule has 2 nitrogen and oxygen atoms in total. The molecule has 0 aromatic heterocycles. The van der Waals surface area contributed by atoms with Gasteiger partial charge in [-0.15, -0.1) is 0 Å². The summed E-state index contributed by atoms with van der Waals surface area (Å²) in [4.78, 5) is 0. The second-order valence-corrected chi connectivity index (χ2v) is 4.45. The summed E-state index contributed by atoms with van der Waals surface area (Å²) >= 11 is 3.21. The highest BCUT2D eigenvalue weighted by Gasteiger charge is 2.04. The predicted molar refractivity (Wildman–Crippen MR) is 62.1 cm³/mol. The molecule has 0 radical (unpaired) electrons. The third kappa shape index (κ3) is 4.28. The lowest BCUT2D eigenvalue weighted by atomic mass is 10.2. The molecule has 0 aliphatic rings. The van der Waals surface area contributed by atoms with Crippen LogP contribution in [0.2, 0.25) is 0 Å². The zero-order valence-electron chi connectivity index (χ0n) is 8.63. The summed E-state index contributed by atoms with van der Waals surface area (Å²) in [5.74, 6) is -0.215. The van der Waals surface area contributed by atoms with Gasteiger partial charge in [-0.3, -0.25) is 0 Å².